The van der Waals surface area contributed by atoms with Crippen molar-refractivity contribution in [2.24, 2.45) is 5.92 Å². The Morgan fingerprint density at radius 2 is 2.10 bits per heavy atom. The standard InChI is InChI=1S/C17H19NO2/c1-2-5-12-10-15(12)18-17(20)14-9-8-11-6-3-4-7-13(11)16(14)19/h3-4,6-9,12,15,19H,2,5,10H2,1H3,(H,18,20). The minimum Gasteiger partial charge on any atom is -0.506 e. The third-order valence-corrected chi connectivity index (χ3v) is 4.04. The molecule has 2 N–H and O–H groups in total. The summed E-state index contributed by atoms with van der Waals surface area (Å²) >= 11 is 0. The number of carbonyl (C=O) groups is 1. The van der Waals surface area contributed by atoms with E-state index >= 15 is 0 Å². The van der Waals surface area contributed by atoms with Crippen molar-refractivity contribution >= 4 is 16.7 Å². The second-order valence-electron chi connectivity index (χ2n) is 5.55. The molecule has 3 rings (SSSR count). The third kappa shape index (κ3) is 2.36. The zero-order valence-corrected chi connectivity index (χ0v) is 11.6. The van der Waals surface area contributed by atoms with E-state index in [4.69, 9.17) is 0 Å². The van der Waals surface area contributed by atoms with Crippen molar-refractivity contribution in [1.82, 2.24) is 5.32 Å². The van der Waals surface area contributed by atoms with E-state index in [2.05, 4.69) is 12.2 Å². The van der Waals surface area contributed by atoms with Gasteiger partial charge >= 0.3 is 0 Å². The predicted octanol–water partition coefficient (Wildman–Crippen LogP) is 3.46. The van der Waals surface area contributed by atoms with Gasteiger partial charge in [-0.05, 0) is 30.2 Å². The Morgan fingerprint density at radius 3 is 2.90 bits per heavy atom. The van der Waals surface area contributed by atoms with Crippen LogP contribution in [0.4, 0.5) is 0 Å². The van der Waals surface area contributed by atoms with Crippen LogP contribution in [0, 0.1) is 5.92 Å². The molecule has 0 bridgehead atoms. The molecule has 0 aromatic heterocycles. The molecule has 1 amide bonds. The summed E-state index contributed by atoms with van der Waals surface area (Å²) in [5.41, 5.74) is 0.367. The number of phenolic OH excluding ortho intramolecular Hbond substituents is 1. The van der Waals surface area contributed by atoms with Crippen molar-refractivity contribution in [3.8, 4) is 5.75 Å². The Kier molecular flexibility index (Phi) is 3.35. The smallest absolute Gasteiger partial charge is 0.255 e. The molecule has 3 nitrogen and oxygen atoms in total. The fraction of sp³-hybridized carbons (Fsp3) is 0.353. The molecule has 0 aliphatic heterocycles. The molecule has 1 aliphatic carbocycles. The van der Waals surface area contributed by atoms with Gasteiger partial charge in [-0.25, -0.2) is 0 Å². The lowest BCUT2D eigenvalue weighted by molar-refractivity contribution is 0.0946. The first-order valence-corrected chi connectivity index (χ1v) is 7.22. The van der Waals surface area contributed by atoms with Crippen molar-refractivity contribution in [3.63, 3.8) is 0 Å². The summed E-state index contributed by atoms with van der Waals surface area (Å²) in [4.78, 5) is 12.2. The summed E-state index contributed by atoms with van der Waals surface area (Å²) < 4.78 is 0. The molecule has 20 heavy (non-hydrogen) atoms. The molecular formula is C17H19NO2. The van der Waals surface area contributed by atoms with Gasteiger partial charge in [-0.2, -0.15) is 0 Å². The average Bonchev–Trinajstić information content (AvgIpc) is 3.17. The van der Waals surface area contributed by atoms with Gasteiger partial charge in [0.05, 0.1) is 5.56 Å². The van der Waals surface area contributed by atoms with E-state index in [1.807, 2.05) is 30.3 Å². The maximum absolute atomic E-state index is 12.2. The van der Waals surface area contributed by atoms with Crippen LogP contribution < -0.4 is 5.32 Å². The molecule has 2 aromatic rings. The fourth-order valence-electron chi connectivity index (χ4n) is 2.80. The van der Waals surface area contributed by atoms with Crippen LogP contribution >= 0.6 is 0 Å². The van der Waals surface area contributed by atoms with Crippen LogP contribution in [0.25, 0.3) is 10.8 Å². The van der Waals surface area contributed by atoms with Gasteiger partial charge in [-0.1, -0.05) is 43.7 Å². The second-order valence-corrected chi connectivity index (χ2v) is 5.55. The van der Waals surface area contributed by atoms with Crippen LogP contribution in [0.5, 0.6) is 5.75 Å². The number of fused-ring (bicyclic) bond motifs is 1. The molecule has 2 atom stereocenters. The van der Waals surface area contributed by atoms with E-state index in [1.54, 1.807) is 6.07 Å². The van der Waals surface area contributed by atoms with Crippen molar-refractivity contribution in [2.45, 2.75) is 32.2 Å². The first-order valence-electron chi connectivity index (χ1n) is 7.22. The molecule has 2 aromatic carbocycles. The lowest BCUT2D eigenvalue weighted by atomic mass is 10.0. The molecule has 0 radical (unpaired) electrons. The van der Waals surface area contributed by atoms with Gasteiger partial charge in [0.15, 0.2) is 0 Å². The highest BCUT2D eigenvalue weighted by atomic mass is 16.3. The van der Waals surface area contributed by atoms with Crippen molar-refractivity contribution in [1.29, 1.82) is 0 Å². The number of hydrogen-bond acceptors (Lipinski definition) is 2. The molecule has 1 saturated carbocycles. The molecule has 0 heterocycles. The Balaban J connectivity index is 1.80. The lowest BCUT2D eigenvalue weighted by Gasteiger charge is -2.09. The SMILES string of the molecule is CCCC1CC1NC(=O)c1ccc2ccccc2c1O. The van der Waals surface area contributed by atoms with Crippen LogP contribution in [0.15, 0.2) is 36.4 Å². The first kappa shape index (κ1) is 13.0. The van der Waals surface area contributed by atoms with E-state index in [0.717, 1.165) is 30.0 Å². The number of phenols is 1. The Hall–Kier alpha value is -2.03. The van der Waals surface area contributed by atoms with Gasteiger partial charge in [0, 0.05) is 11.4 Å². The first-order chi connectivity index (χ1) is 9.70. The number of aromatic hydroxyl groups is 1. The molecule has 0 saturated heterocycles. The van der Waals surface area contributed by atoms with E-state index in [-0.39, 0.29) is 17.7 Å². The molecular weight excluding hydrogens is 250 g/mol. The van der Waals surface area contributed by atoms with E-state index in [1.165, 1.54) is 0 Å². The van der Waals surface area contributed by atoms with E-state index in [9.17, 15) is 9.90 Å². The molecule has 1 aliphatic rings. The van der Waals surface area contributed by atoms with Gasteiger partial charge in [-0.3, -0.25) is 4.79 Å². The van der Waals surface area contributed by atoms with E-state index < -0.39 is 0 Å². The molecule has 3 heteroatoms. The zero-order valence-electron chi connectivity index (χ0n) is 11.6. The van der Waals surface area contributed by atoms with Crippen molar-refractivity contribution in [2.75, 3.05) is 0 Å². The number of carbonyl (C=O) groups excluding carboxylic acids is 1. The maximum atomic E-state index is 12.2. The summed E-state index contributed by atoms with van der Waals surface area (Å²) in [6.45, 7) is 2.16. The highest BCUT2D eigenvalue weighted by molar-refractivity contribution is 6.03. The molecule has 104 valence electrons. The van der Waals surface area contributed by atoms with Crippen molar-refractivity contribution < 1.29 is 9.90 Å². The number of hydrogen-bond donors (Lipinski definition) is 2. The van der Waals surface area contributed by atoms with Crippen LogP contribution in [0.2, 0.25) is 0 Å². The maximum Gasteiger partial charge on any atom is 0.255 e. The van der Waals surface area contributed by atoms with Crippen LogP contribution in [0.3, 0.4) is 0 Å². The monoisotopic (exact) mass is 269 g/mol. The summed E-state index contributed by atoms with van der Waals surface area (Å²) in [7, 11) is 0. The Labute approximate surface area is 118 Å². The minimum atomic E-state index is -0.170. The van der Waals surface area contributed by atoms with Gasteiger partial charge in [-0.15, -0.1) is 0 Å². The average molecular weight is 269 g/mol. The highest BCUT2D eigenvalue weighted by Crippen LogP contribution is 2.35. The Morgan fingerprint density at radius 1 is 1.30 bits per heavy atom. The molecule has 1 fully saturated rings. The zero-order chi connectivity index (χ0) is 14.1. The second kappa shape index (κ2) is 5.16. The fourth-order valence-corrected chi connectivity index (χ4v) is 2.80. The summed E-state index contributed by atoms with van der Waals surface area (Å²) in [6, 6.07) is 11.4. The van der Waals surface area contributed by atoms with Gasteiger partial charge in [0.1, 0.15) is 5.75 Å². The number of amides is 1. The molecule has 2 unspecified atom stereocenters. The quantitative estimate of drug-likeness (QED) is 0.893. The lowest BCUT2D eigenvalue weighted by Crippen LogP contribution is -2.26. The summed E-state index contributed by atoms with van der Waals surface area (Å²) in [5.74, 6) is 0.525. The highest BCUT2D eigenvalue weighted by Gasteiger charge is 2.37. The normalized spacial score (nSPS) is 20.9. The van der Waals surface area contributed by atoms with Gasteiger partial charge < -0.3 is 10.4 Å². The van der Waals surface area contributed by atoms with Crippen LogP contribution in [0.1, 0.15) is 36.5 Å². The predicted molar refractivity (Wildman–Crippen MR) is 79.9 cm³/mol. The van der Waals surface area contributed by atoms with Gasteiger partial charge in [0.25, 0.3) is 5.91 Å². The van der Waals surface area contributed by atoms with Crippen LogP contribution in [-0.2, 0) is 0 Å². The minimum absolute atomic E-state index is 0.0771. The van der Waals surface area contributed by atoms with Crippen molar-refractivity contribution in [3.05, 3.63) is 42.0 Å². The number of nitrogens with one attached hydrogen (secondary N) is 1. The Bertz CT molecular complexity index is 650. The topological polar surface area (TPSA) is 49.3 Å². The number of benzene rings is 2. The van der Waals surface area contributed by atoms with Crippen LogP contribution in [-0.4, -0.2) is 17.1 Å². The number of rotatable bonds is 4. The molecule has 0 spiro atoms. The largest absolute Gasteiger partial charge is 0.506 e. The summed E-state index contributed by atoms with van der Waals surface area (Å²) in [6.07, 6.45) is 3.38. The van der Waals surface area contributed by atoms with Gasteiger partial charge in [0.2, 0.25) is 0 Å². The summed E-state index contributed by atoms with van der Waals surface area (Å²) in [5, 5.41) is 14.9. The van der Waals surface area contributed by atoms with E-state index in [0.29, 0.717) is 11.5 Å². The third-order valence-electron chi connectivity index (χ3n) is 4.04.